The van der Waals surface area contributed by atoms with Gasteiger partial charge in [-0.05, 0) is 29.3 Å². The summed E-state index contributed by atoms with van der Waals surface area (Å²) >= 11 is 0. The second kappa shape index (κ2) is 7.54. The molecular formula is C19H20F4N2. The van der Waals surface area contributed by atoms with Crippen LogP contribution < -0.4 is 0 Å². The van der Waals surface area contributed by atoms with Gasteiger partial charge in [-0.1, -0.05) is 30.3 Å². The first-order valence-electron chi connectivity index (χ1n) is 8.25. The van der Waals surface area contributed by atoms with E-state index in [1.54, 1.807) is 18.2 Å². The largest absolute Gasteiger partial charge is 0.416 e. The molecule has 1 aliphatic heterocycles. The molecule has 0 N–H and O–H groups in total. The van der Waals surface area contributed by atoms with Gasteiger partial charge >= 0.3 is 6.18 Å². The number of piperazine rings is 1. The Hall–Kier alpha value is -1.92. The summed E-state index contributed by atoms with van der Waals surface area (Å²) in [5, 5.41) is 0. The maximum atomic E-state index is 12.9. The summed E-state index contributed by atoms with van der Waals surface area (Å²) in [4.78, 5) is 4.44. The van der Waals surface area contributed by atoms with Gasteiger partial charge in [0, 0.05) is 39.3 Å². The Morgan fingerprint density at radius 1 is 0.760 bits per heavy atom. The van der Waals surface area contributed by atoms with Crippen LogP contribution in [0, 0.1) is 5.82 Å². The summed E-state index contributed by atoms with van der Waals surface area (Å²) in [5.74, 6) is -0.241. The molecule has 134 valence electrons. The van der Waals surface area contributed by atoms with Crippen LogP contribution in [0.2, 0.25) is 0 Å². The van der Waals surface area contributed by atoms with Crippen molar-refractivity contribution in [1.82, 2.24) is 9.80 Å². The van der Waals surface area contributed by atoms with Crippen LogP contribution in [0.4, 0.5) is 17.6 Å². The molecule has 6 heteroatoms. The van der Waals surface area contributed by atoms with E-state index in [0.717, 1.165) is 44.4 Å². The topological polar surface area (TPSA) is 6.48 Å². The van der Waals surface area contributed by atoms with E-state index in [4.69, 9.17) is 0 Å². The Morgan fingerprint density at radius 3 is 1.88 bits per heavy atom. The zero-order chi connectivity index (χ0) is 17.9. The fourth-order valence-corrected chi connectivity index (χ4v) is 3.06. The number of alkyl halides is 3. The average Bonchev–Trinajstić information content (AvgIpc) is 2.58. The maximum absolute atomic E-state index is 12.9. The quantitative estimate of drug-likeness (QED) is 0.763. The van der Waals surface area contributed by atoms with Gasteiger partial charge in [-0.3, -0.25) is 9.80 Å². The Morgan fingerprint density at radius 2 is 1.32 bits per heavy atom. The van der Waals surface area contributed by atoms with Gasteiger partial charge < -0.3 is 0 Å². The van der Waals surface area contributed by atoms with Crippen LogP contribution in [0.1, 0.15) is 16.7 Å². The standard InChI is InChI=1S/C19H20F4N2/c20-18-6-4-15(5-7-18)13-24-8-10-25(11-9-24)14-16-2-1-3-17(12-16)19(21,22)23/h1-7,12H,8-11,13-14H2. The van der Waals surface area contributed by atoms with Crippen molar-refractivity contribution in [3.05, 3.63) is 71.0 Å². The first kappa shape index (κ1) is 17.9. The van der Waals surface area contributed by atoms with Gasteiger partial charge in [0.1, 0.15) is 5.82 Å². The highest BCUT2D eigenvalue weighted by atomic mass is 19.4. The highest BCUT2D eigenvalue weighted by Gasteiger charge is 2.30. The third-order valence-electron chi connectivity index (χ3n) is 4.44. The number of nitrogens with zero attached hydrogens (tertiary/aromatic N) is 2. The van der Waals surface area contributed by atoms with Gasteiger partial charge in [0.2, 0.25) is 0 Å². The van der Waals surface area contributed by atoms with Crippen molar-refractivity contribution in [2.75, 3.05) is 26.2 Å². The van der Waals surface area contributed by atoms with Crippen molar-refractivity contribution in [2.24, 2.45) is 0 Å². The number of benzene rings is 2. The van der Waals surface area contributed by atoms with Crippen LogP contribution in [0.25, 0.3) is 0 Å². The van der Waals surface area contributed by atoms with Crippen molar-refractivity contribution in [3.63, 3.8) is 0 Å². The summed E-state index contributed by atoms with van der Waals surface area (Å²) in [7, 11) is 0. The number of rotatable bonds is 4. The van der Waals surface area contributed by atoms with E-state index in [-0.39, 0.29) is 5.82 Å². The van der Waals surface area contributed by atoms with E-state index < -0.39 is 11.7 Å². The van der Waals surface area contributed by atoms with Gasteiger partial charge in [0.05, 0.1) is 5.56 Å². The number of hydrogen-bond donors (Lipinski definition) is 0. The minimum Gasteiger partial charge on any atom is -0.297 e. The lowest BCUT2D eigenvalue weighted by atomic mass is 10.1. The van der Waals surface area contributed by atoms with Crippen molar-refractivity contribution >= 4 is 0 Å². The minimum atomic E-state index is -4.30. The lowest BCUT2D eigenvalue weighted by Gasteiger charge is -2.34. The third kappa shape index (κ3) is 5.03. The molecule has 3 rings (SSSR count). The van der Waals surface area contributed by atoms with Crippen molar-refractivity contribution in [2.45, 2.75) is 19.3 Å². The molecule has 1 heterocycles. The summed E-state index contributed by atoms with van der Waals surface area (Å²) in [6.07, 6.45) is -4.30. The second-order valence-corrected chi connectivity index (χ2v) is 6.38. The third-order valence-corrected chi connectivity index (χ3v) is 4.44. The highest BCUT2D eigenvalue weighted by Crippen LogP contribution is 2.29. The molecule has 0 bridgehead atoms. The Labute approximate surface area is 144 Å². The fraction of sp³-hybridized carbons (Fsp3) is 0.368. The van der Waals surface area contributed by atoms with Crippen LogP contribution >= 0.6 is 0 Å². The van der Waals surface area contributed by atoms with Gasteiger partial charge in [-0.2, -0.15) is 13.2 Å². The van der Waals surface area contributed by atoms with Crippen LogP contribution in [0.5, 0.6) is 0 Å². The maximum Gasteiger partial charge on any atom is 0.416 e. The van der Waals surface area contributed by atoms with Gasteiger partial charge in [0.25, 0.3) is 0 Å². The predicted molar refractivity (Wildman–Crippen MR) is 88.4 cm³/mol. The van der Waals surface area contributed by atoms with Crippen molar-refractivity contribution in [1.29, 1.82) is 0 Å². The summed E-state index contributed by atoms with van der Waals surface area (Å²) in [6, 6.07) is 12.0. The second-order valence-electron chi connectivity index (χ2n) is 6.38. The van der Waals surface area contributed by atoms with E-state index in [9.17, 15) is 17.6 Å². The molecule has 25 heavy (non-hydrogen) atoms. The molecule has 0 saturated carbocycles. The van der Waals surface area contributed by atoms with Crippen LogP contribution in [0.15, 0.2) is 48.5 Å². The first-order chi connectivity index (χ1) is 11.9. The molecule has 1 aliphatic rings. The smallest absolute Gasteiger partial charge is 0.297 e. The lowest BCUT2D eigenvalue weighted by Crippen LogP contribution is -2.45. The minimum absolute atomic E-state index is 0.241. The molecule has 1 saturated heterocycles. The van der Waals surface area contributed by atoms with E-state index in [1.807, 2.05) is 0 Å². The molecule has 1 fully saturated rings. The lowest BCUT2D eigenvalue weighted by molar-refractivity contribution is -0.137. The number of hydrogen-bond acceptors (Lipinski definition) is 2. The molecule has 0 amide bonds. The summed E-state index contributed by atoms with van der Waals surface area (Å²) in [6.45, 7) is 4.58. The molecule has 0 unspecified atom stereocenters. The predicted octanol–water partition coefficient (Wildman–Crippen LogP) is 4.16. The zero-order valence-electron chi connectivity index (χ0n) is 13.8. The van der Waals surface area contributed by atoms with E-state index in [2.05, 4.69) is 9.80 Å². The van der Waals surface area contributed by atoms with Crippen LogP contribution in [0.3, 0.4) is 0 Å². The van der Waals surface area contributed by atoms with Gasteiger partial charge in [-0.25, -0.2) is 4.39 Å². The fourth-order valence-electron chi connectivity index (χ4n) is 3.06. The molecule has 2 nitrogen and oxygen atoms in total. The summed E-state index contributed by atoms with van der Waals surface area (Å²) < 4.78 is 51.3. The van der Waals surface area contributed by atoms with E-state index in [0.29, 0.717) is 12.1 Å². The molecule has 0 spiro atoms. The summed E-state index contributed by atoms with van der Waals surface area (Å²) in [5.41, 5.74) is 1.15. The first-order valence-corrected chi connectivity index (χ1v) is 8.25. The molecule has 2 aromatic carbocycles. The highest BCUT2D eigenvalue weighted by molar-refractivity contribution is 5.25. The van der Waals surface area contributed by atoms with E-state index in [1.165, 1.54) is 24.3 Å². The SMILES string of the molecule is Fc1ccc(CN2CCN(Cc3cccc(C(F)(F)F)c3)CC2)cc1. The zero-order valence-corrected chi connectivity index (χ0v) is 13.8. The molecular weight excluding hydrogens is 332 g/mol. The monoisotopic (exact) mass is 352 g/mol. The average molecular weight is 352 g/mol. The molecule has 0 aliphatic carbocycles. The Kier molecular flexibility index (Phi) is 5.39. The Balaban J connectivity index is 1.52. The van der Waals surface area contributed by atoms with Crippen LogP contribution in [-0.2, 0) is 19.3 Å². The van der Waals surface area contributed by atoms with Crippen LogP contribution in [-0.4, -0.2) is 36.0 Å². The van der Waals surface area contributed by atoms with Gasteiger partial charge in [0.15, 0.2) is 0 Å². The molecule has 0 aromatic heterocycles. The van der Waals surface area contributed by atoms with E-state index >= 15 is 0 Å². The molecule has 0 radical (unpaired) electrons. The number of halogens is 4. The normalized spacial score (nSPS) is 17.0. The van der Waals surface area contributed by atoms with Crippen molar-refractivity contribution in [3.8, 4) is 0 Å². The van der Waals surface area contributed by atoms with Crippen molar-refractivity contribution < 1.29 is 17.6 Å². The molecule has 2 aromatic rings. The molecule has 0 atom stereocenters. The Bertz CT molecular complexity index is 689. The van der Waals surface area contributed by atoms with Gasteiger partial charge in [-0.15, -0.1) is 0 Å².